The number of aliphatic hydroxyl groups is 1. The molecule has 27 heavy (non-hydrogen) atoms. The van der Waals surface area contributed by atoms with Crippen LogP contribution in [0.2, 0.25) is 0 Å². The topological polar surface area (TPSA) is 32.7 Å². The first kappa shape index (κ1) is 20.0. The molecule has 0 spiro atoms. The van der Waals surface area contributed by atoms with Crippen molar-refractivity contribution in [2.75, 3.05) is 26.4 Å². The van der Waals surface area contributed by atoms with E-state index in [4.69, 9.17) is 0 Å². The summed E-state index contributed by atoms with van der Waals surface area (Å²) in [6.07, 6.45) is -2.77. The second-order valence-electron chi connectivity index (χ2n) is 7.24. The molecule has 0 saturated carbocycles. The number of thioether (sulfide) groups is 1. The van der Waals surface area contributed by atoms with E-state index in [0.29, 0.717) is 18.7 Å². The van der Waals surface area contributed by atoms with Crippen LogP contribution in [0.5, 0.6) is 5.75 Å². The molecule has 3 rings (SSSR count). The Morgan fingerprint density at radius 2 is 1.48 bits per heavy atom. The summed E-state index contributed by atoms with van der Waals surface area (Å²) in [5.41, 5.74) is -0.521. The average molecular weight is 397 g/mol. The number of rotatable bonds is 5. The molecule has 2 aromatic carbocycles. The Kier molecular flexibility index (Phi) is 5.22. The van der Waals surface area contributed by atoms with Gasteiger partial charge in [-0.3, -0.25) is 0 Å². The number of ether oxygens (including phenoxy) is 1. The Bertz CT molecular complexity index is 786. The molecule has 0 bridgehead atoms. The quantitative estimate of drug-likeness (QED) is 0.754. The van der Waals surface area contributed by atoms with E-state index in [0.717, 1.165) is 10.5 Å². The Morgan fingerprint density at radius 3 is 1.89 bits per heavy atom. The van der Waals surface area contributed by atoms with Crippen molar-refractivity contribution in [3.05, 3.63) is 59.7 Å². The molecular formula is C20H22F3NO2S. The van der Waals surface area contributed by atoms with Crippen LogP contribution in [0.25, 0.3) is 0 Å². The molecule has 1 aliphatic rings. The first-order valence-electron chi connectivity index (χ1n) is 8.49. The maximum atomic E-state index is 12.4. The van der Waals surface area contributed by atoms with Crippen molar-refractivity contribution in [3.8, 4) is 5.75 Å². The smallest absolute Gasteiger partial charge is 0.406 e. The molecule has 1 N–H and O–H groups in total. The van der Waals surface area contributed by atoms with E-state index in [9.17, 15) is 18.3 Å². The summed E-state index contributed by atoms with van der Waals surface area (Å²) < 4.78 is 41.2. The molecule has 1 aliphatic heterocycles. The van der Waals surface area contributed by atoms with Gasteiger partial charge in [-0.2, -0.15) is 0 Å². The molecule has 1 saturated heterocycles. The van der Waals surface area contributed by atoms with Crippen LogP contribution in [0.3, 0.4) is 0 Å². The van der Waals surface area contributed by atoms with Crippen LogP contribution in [0.1, 0.15) is 18.1 Å². The molecule has 146 valence electrons. The number of hydrogen-bond donors (Lipinski definition) is 1. The largest absolute Gasteiger partial charge is 0.573 e. The summed E-state index contributed by atoms with van der Waals surface area (Å²) in [4.78, 5) is 3.17. The van der Waals surface area contributed by atoms with Gasteiger partial charge in [0, 0.05) is 23.4 Å². The minimum atomic E-state index is -4.74. The highest BCUT2D eigenvalue weighted by Crippen LogP contribution is 2.50. The van der Waals surface area contributed by atoms with Gasteiger partial charge in [-0.05, 0) is 48.7 Å². The molecule has 1 fully saturated rings. The van der Waals surface area contributed by atoms with E-state index < -0.39 is 17.4 Å². The summed E-state index contributed by atoms with van der Waals surface area (Å²) in [5, 5.41) is 11.8. The van der Waals surface area contributed by atoms with Gasteiger partial charge < -0.3 is 14.7 Å². The summed E-state index contributed by atoms with van der Waals surface area (Å²) in [7, 11) is 1.97. The summed E-state index contributed by atoms with van der Waals surface area (Å²) >= 11 is 1.61. The minimum Gasteiger partial charge on any atom is -0.406 e. The van der Waals surface area contributed by atoms with Gasteiger partial charge in [0.05, 0.1) is 0 Å². The summed E-state index contributed by atoms with van der Waals surface area (Å²) in [5.74, 6) is -0.304. The summed E-state index contributed by atoms with van der Waals surface area (Å²) in [6.45, 7) is 3.35. The van der Waals surface area contributed by atoms with Crippen molar-refractivity contribution in [1.29, 1.82) is 0 Å². The van der Waals surface area contributed by atoms with Crippen molar-refractivity contribution in [2.45, 2.75) is 23.8 Å². The fraction of sp³-hybridized carbons (Fsp3) is 0.400. The third-order valence-electron chi connectivity index (χ3n) is 5.12. The van der Waals surface area contributed by atoms with Gasteiger partial charge in [0.1, 0.15) is 11.4 Å². The zero-order chi connectivity index (χ0) is 19.9. The van der Waals surface area contributed by atoms with Gasteiger partial charge in [-0.25, -0.2) is 0 Å². The normalized spacial score (nSPS) is 19.2. The highest BCUT2D eigenvalue weighted by Gasteiger charge is 2.55. The van der Waals surface area contributed by atoms with E-state index in [1.165, 1.54) is 24.3 Å². The first-order chi connectivity index (χ1) is 12.6. The second-order valence-corrected chi connectivity index (χ2v) is 8.12. The molecule has 0 aliphatic carbocycles. The van der Waals surface area contributed by atoms with E-state index in [2.05, 4.69) is 9.64 Å². The van der Waals surface area contributed by atoms with Gasteiger partial charge >= 0.3 is 6.36 Å². The zero-order valence-corrected chi connectivity index (χ0v) is 16.2. The number of nitrogens with zero attached hydrogens (tertiary/aromatic N) is 1. The van der Waals surface area contributed by atoms with Gasteiger partial charge in [0.25, 0.3) is 0 Å². The molecular weight excluding hydrogens is 375 g/mol. The molecule has 0 radical (unpaired) electrons. The molecule has 0 aromatic heterocycles. The third-order valence-corrected chi connectivity index (χ3v) is 5.87. The van der Waals surface area contributed by atoms with Crippen molar-refractivity contribution in [2.24, 2.45) is 5.41 Å². The fourth-order valence-corrected chi connectivity index (χ4v) is 4.38. The number of likely N-dealkylation sites (tertiary alicyclic amines) is 1. The lowest BCUT2D eigenvalue weighted by Crippen LogP contribution is -2.63. The third kappa shape index (κ3) is 3.81. The van der Waals surface area contributed by atoms with Crippen LogP contribution in [0.4, 0.5) is 13.2 Å². The molecule has 0 amide bonds. The van der Waals surface area contributed by atoms with E-state index >= 15 is 0 Å². The molecule has 1 atom stereocenters. The second kappa shape index (κ2) is 7.04. The van der Waals surface area contributed by atoms with Crippen LogP contribution in [0, 0.1) is 5.41 Å². The number of benzene rings is 2. The van der Waals surface area contributed by atoms with Crippen LogP contribution < -0.4 is 4.74 Å². The Balaban J connectivity index is 2.02. The lowest BCUT2D eigenvalue weighted by molar-refractivity contribution is -0.274. The first-order valence-corrected chi connectivity index (χ1v) is 9.72. The van der Waals surface area contributed by atoms with Crippen LogP contribution in [-0.4, -0.2) is 42.8 Å². The number of halogens is 3. The number of alkyl halides is 3. The van der Waals surface area contributed by atoms with E-state index in [1.54, 1.807) is 11.8 Å². The zero-order valence-electron chi connectivity index (χ0n) is 15.4. The molecule has 2 aromatic rings. The SMILES string of the molecule is CSc1ccc([C@@](O)(c2ccc(OC(F)(F)F)cc2)C2(C)CN(C)C2)cc1. The van der Waals surface area contributed by atoms with Crippen LogP contribution in [-0.2, 0) is 5.60 Å². The Hall–Kier alpha value is -1.70. The van der Waals surface area contributed by atoms with Crippen LogP contribution in [0.15, 0.2) is 53.4 Å². The van der Waals surface area contributed by atoms with Crippen molar-refractivity contribution in [3.63, 3.8) is 0 Å². The average Bonchev–Trinajstić information content (AvgIpc) is 2.59. The van der Waals surface area contributed by atoms with Crippen LogP contribution >= 0.6 is 11.8 Å². The predicted molar refractivity (Wildman–Crippen MR) is 100.0 cm³/mol. The lowest BCUT2D eigenvalue weighted by atomic mass is 9.62. The minimum absolute atomic E-state index is 0.304. The lowest BCUT2D eigenvalue weighted by Gasteiger charge is -2.56. The molecule has 7 heteroatoms. The van der Waals surface area contributed by atoms with E-state index in [1.807, 2.05) is 44.5 Å². The molecule has 3 nitrogen and oxygen atoms in total. The Morgan fingerprint density at radius 1 is 1.00 bits per heavy atom. The van der Waals surface area contributed by atoms with Gasteiger partial charge in [0.15, 0.2) is 0 Å². The van der Waals surface area contributed by atoms with Crippen molar-refractivity contribution >= 4 is 11.8 Å². The maximum Gasteiger partial charge on any atom is 0.573 e. The van der Waals surface area contributed by atoms with Crippen molar-refractivity contribution < 1.29 is 23.0 Å². The number of hydrogen-bond acceptors (Lipinski definition) is 4. The summed E-state index contributed by atoms with van der Waals surface area (Å²) in [6, 6.07) is 13.2. The van der Waals surface area contributed by atoms with Gasteiger partial charge in [0.2, 0.25) is 0 Å². The van der Waals surface area contributed by atoms with E-state index in [-0.39, 0.29) is 5.75 Å². The monoisotopic (exact) mass is 397 g/mol. The Labute approximate surface area is 161 Å². The van der Waals surface area contributed by atoms with Crippen molar-refractivity contribution in [1.82, 2.24) is 4.90 Å². The maximum absolute atomic E-state index is 12.4. The highest BCUT2D eigenvalue weighted by atomic mass is 32.2. The van der Waals surface area contributed by atoms with Gasteiger partial charge in [-0.1, -0.05) is 31.2 Å². The standard InChI is InChI=1S/C20H22F3NO2S/c1-18(12-24(2)13-18)19(25,15-6-10-17(27-3)11-7-15)14-4-8-16(9-5-14)26-20(21,22)23/h4-11,25H,12-13H2,1-3H3/t19-/m0/s1. The molecule has 0 unspecified atom stereocenters. The van der Waals surface area contributed by atoms with Gasteiger partial charge in [-0.15, -0.1) is 24.9 Å². The fourth-order valence-electron chi connectivity index (χ4n) is 3.97. The molecule has 1 heterocycles. The highest BCUT2D eigenvalue weighted by molar-refractivity contribution is 7.98. The predicted octanol–water partition coefficient (Wildman–Crippen LogP) is 4.49.